The molecule has 0 radical (unpaired) electrons. The molecule has 1 fully saturated rings. The first-order valence-corrected chi connectivity index (χ1v) is 6.39. The minimum atomic E-state index is -3.18. The van der Waals surface area contributed by atoms with Gasteiger partial charge in [0.1, 0.15) is 11.8 Å². The first-order chi connectivity index (χ1) is 10.0. The van der Waals surface area contributed by atoms with Gasteiger partial charge in [0.2, 0.25) is 0 Å². The maximum atomic E-state index is 14.1. The summed E-state index contributed by atoms with van der Waals surface area (Å²) in [4.78, 5) is 11.3. The minimum Gasteiger partial charge on any atom is -0.496 e. The van der Waals surface area contributed by atoms with E-state index in [-0.39, 0.29) is 12.4 Å². The van der Waals surface area contributed by atoms with Crippen LogP contribution in [0.2, 0.25) is 0 Å². The molecule has 2 aromatic carbocycles. The fraction of sp³-hybridized carbons (Fsp3) is 0.267. The van der Waals surface area contributed by atoms with Crippen LogP contribution in [-0.4, -0.2) is 25.7 Å². The standard InChI is InChI=1S/C15H13F2NO3.ClH/c1-20-12-7-6-11(9-4-2-3-5-10(9)12)13-15(16,17)8-21-14(19)18-13;/h2-7,13H,8H2,1H3,(H,18,19);1H/t13-;/m1./s1. The van der Waals surface area contributed by atoms with Gasteiger partial charge < -0.3 is 14.8 Å². The first-order valence-electron chi connectivity index (χ1n) is 6.39. The van der Waals surface area contributed by atoms with E-state index < -0.39 is 24.7 Å². The molecule has 0 spiro atoms. The molecule has 1 aliphatic rings. The van der Waals surface area contributed by atoms with Gasteiger partial charge in [-0.25, -0.2) is 13.6 Å². The lowest BCUT2D eigenvalue weighted by Crippen LogP contribution is -2.49. The highest BCUT2D eigenvalue weighted by Gasteiger charge is 2.47. The van der Waals surface area contributed by atoms with Crippen LogP contribution in [-0.2, 0) is 4.74 Å². The number of carbonyl (C=O) groups excluding carboxylic acids is 1. The molecular weight excluding hydrogens is 316 g/mol. The predicted octanol–water partition coefficient (Wildman–Crippen LogP) is 3.69. The molecular formula is C15H14ClF2NO3. The van der Waals surface area contributed by atoms with Crippen LogP contribution < -0.4 is 10.1 Å². The second-order valence-corrected chi connectivity index (χ2v) is 4.82. The Balaban J connectivity index is 0.00000176. The van der Waals surface area contributed by atoms with E-state index in [1.807, 2.05) is 0 Å². The van der Waals surface area contributed by atoms with E-state index in [1.165, 1.54) is 7.11 Å². The van der Waals surface area contributed by atoms with Crippen LogP contribution in [0.5, 0.6) is 5.75 Å². The second-order valence-electron chi connectivity index (χ2n) is 4.82. The van der Waals surface area contributed by atoms with Gasteiger partial charge in [-0.2, -0.15) is 0 Å². The Morgan fingerprint density at radius 2 is 1.91 bits per heavy atom. The number of ether oxygens (including phenoxy) is 2. The number of fused-ring (bicyclic) bond motifs is 1. The maximum Gasteiger partial charge on any atom is 0.408 e. The van der Waals surface area contributed by atoms with Crippen molar-refractivity contribution >= 4 is 29.3 Å². The van der Waals surface area contributed by atoms with E-state index in [9.17, 15) is 13.6 Å². The quantitative estimate of drug-likeness (QED) is 0.914. The van der Waals surface area contributed by atoms with Gasteiger partial charge in [-0.3, -0.25) is 0 Å². The molecule has 1 heterocycles. The Labute approximate surface area is 131 Å². The summed E-state index contributed by atoms with van der Waals surface area (Å²) >= 11 is 0. The number of halogens is 3. The summed E-state index contributed by atoms with van der Waals surface area (Å²) in [6.45, 7) is -0.927. The molecule has 0 aliphatic carbocycles. The zero-order chi connectivity index (χ0) is 15.0. The lowest BCUT2D eigenvalue weighted by molar-refractivity contribution is -0.103. The largest absolute Gasteiger partial charge is 0.496 e. The topological polar surface area (TPSA) is 47.6 Å². The molecule has 118 valence electrons. The summed E-state index contributed by atoms with van der Waals surface area (Å²) in [6, 6.07) is 8.82. The number of amides is 1. The normalized spacial score (nSPS) is 19.8. The van der Waals surface area contributed by atoms with Gasteiger partial charge in [-0.05, 0) is 17.0 Å². The third-order valence-electron chi connectivity index (χ3n) is 3.53. The Hall–Kier alpha value is -2.08. The molecule has 22 heavy (non-hydrogen) atoms. The number of carbonyl (C=O) groups is 1. The van der Waals surface area contributed by atoms with Gasteiger partial charge in [0.05, 0.1) is 7.11 Å². The summed E-state index contributed by atoms with van der Waals surface area (Å²) in [5.41, 5.74) is 0.341. The fourth-order valence-electron chi connectivity index (χ4n) is 2.54. The van der Waals surface area contributed by atoms with Crippen molar-refractivity contribution in [2.75, 3.05) is 13.7 Å². The zero-order valence-electron chi connectivity index (χ0n) is 11.6. The monoisotopic (exact) mass is 329 g/mol. The molecule has 2 aromatic rings. The number of rotatable bonds is 2. The molecule has 3 rings (SSSR count). The molecule has 0 bridgehead atoms. The number of nitrogens with one attached hydrogen (secondary N) is 1. The van der Waals surface area contributed by atoms with Crippen LogP contribution in [0.25, 0.3) is 10.8 Å². The summed E-state index contributed by atoms with van der Waals surface area (Å²) < 4.78 is 37.8. The van der Waals surface area contributed by atoms with E-state index in [0.717, 1.165) is 0 Å². The lowest BCUT2D eigenvalue weighted by Gasteiger charge is -2.32. The van der Waals surface area contributed by atoms with Crippen molar-refractivity contribution in [2.24, 2.45) is 0 Å². The number of hydrogen-bond donors (Lipinski definition) is 1. The van der Waals surface area contributed by atoms with Crippen molar-refractivity contribution < 1.29 is 23.0 Å². The molecule has 1 atom stereocenters. The smallest absolute Gasteiger partial charge is 0.408 e. The highest BCUT2D eigenvalue weighted by molar-refractivity contribution is 5.92. The number of alkyl carbamates (subject to hydrolysis) is 1. The van der Waals surface area contributed by atoms with Crippen molar-refractivity contribution in [2.45, 2.75) is 12.0 Å². The molecule has 1 amide bonds. The minimum absolute atomic E-state index is 0. The van der Waals surface area contributed by atoms with Crippen LogP contribution in [0, 0.1) is 0 Å². The van der Waals surface area contributed by atoms with E-state index in [4.69, 9.17) is 4.74 Å². The third kappa shape index (κ3) is 2.66. The van der Waals surface area contributed by atoms with Crippen molar-refractivity contribution in [3.8, 4) is 5.75 Å². The molecule has 4 nitrogen and oxygen atoms in total. The van der Waals surface area contributed by atoms with E-state index >= 15 is 0 Å². The highest BCUT2D eigenvalue weighted by Crippen LogP contribution is 2.39. The average Bonchev–Trinajstić information content (AvgIpc) is 2.49. The molecule has 0 saturated carbocycles. The van der Waals surface area contributed by atoms with Gasteiger partial charge >= 0.3 is 12.0 Å². The van der Waals surface area contributed by atoms with Crippen molar-refractivity contribution in [3.63, 3.8) is 0 Å². The number of cyclic esters (lactones) is 1. The van der Waals surface area contributed by atoms with Gasteiger partial charge in [0.15, 0.2) is 6.61 Å². The number of alkyl halides is 2. The lowest BCUT2D eigenvalue weighted by atomic mass is 9.94. The number of hydrogen-bond acceptors (Lipinski definition) is 3. The summed E-state index contributed by atoms with van der Waals surface area (Å²) in [5.74, 6) is -2.58. The van der Waals surface area contributed by atoms with Gasteiger partial charge in [-0.1, -0.05) is 30.3 Å². The average molecular weight is 330 g/mol. The Morgan fingerprint density at radius 3 is 2.59 bits per heavy atom. The Morgan fingerprint density at radius 1 is 1.23 bits per heavy atom. The van der Waals surface area contributed by atoms with Crippen LogP contribution in [0.1, 0.15) is 11.6 Å². The summed E-state index contributed by atoms with van der Waals surface area (Å²) in [6.07, 6.45) is -0.842. The Kier molecular flexibility index (Phi) is 4.42. The van der Waals surface area contributed by atoms with E-state index in [0.29, 0.717) is 22.1 Å². The fourth-order valence-corrected chi connectivity index (χ4v) is 2.54. The molecule has 1 N–H and O–H groups in total. The number of methoxy groups -OCH3 is 1. The van der Waals surface area contributed by atoms with E-state index in [1.54, 1.807) is 36.4 Å². The van der Waals surface area contributed by atoms with Crippen molar-refractivity contribution in [1.29, 1.82) is 0 Å². The van der Waals surface area contributed by atoms with Gasteiger partial charge in [0.25, 0.3) is 0 Å². The molecule has 1 aliphatic heterocycles. The SMILES string of the molecule is COc1ccc([C@H]2NC(=O)OCC2(F)F)c2ccccc12.Cl. The molecule has 7 heteroatoms. The van der Waals surface area contributed by atoms with Gasteiger partial charge in [0, 0.05) is 5.39 Å². The highest BCUT2D eigenvalue weighted by atomic mass is 35.5. The van der Waals surface area contributed by atoms with E-state index in [2.05, 4.69) is 10.1 Å². The van der Waals surface area contributed by atoms with Crippen LogP contribution in [0.4, 0.5) is 13.6 Å². The summed E-state index contributed by atoms with van der Waals surface area (Å²) in [5, 5.41) is 3.53. The van der Waals surface area contributed by atoms with Crippen LogP contribution >= 0.6 is 12.4 Å². The summed E-state index contributed by atoms with van der Waals surface area (Å²) in [7, 11) is 1.52. The van der Waals surface area contributed by atoms with Crippen molar-refractivity contribution in [3.05, 3.63) is 42.0 Å². The predicted molar refractivity (Wildman–Crippen MR) is 79.9 cm³/mol. The second kappa shape index (κ2) is 5.96. The zero-order valence-corrected chi connectivity index (χ0v) is 12.5. The van der Waals surface area contributed by atoms with Gasteiger partial charge in [-0.15, -0.1) is 12.4 Å². The van der Waals surface area contributed by atoms with Crippen molar-refractivity contribution in [1.82, 2.24) is 5.32 Å². The van der Waals surface area contributed by atoms with Crippen LogP contribution in [0.3, 0.4) is 0 Å². The first kappa shape index (κ1) is 16.3. The number of benzene rings is 2. The maximum absolute atomic E-state index is 14.1. The third-order valence-corrected chi connectivity index (χ3v) is 3.53. The molecule has 1 saturated heterocycles. The molecule has 0 unspecified atom stereocenters. The Bertz CT molecular complexity index is 708. The molecule has 0 aromatic heterocycles. The van der Waals surface area contributed by atoms with Crippen LogP contribution in [0.15, 0.2) is 36.4 Å².